The molecule has 1 aliphatic heterocycles. The van der Waals surface area contributed by atoms with Crippen molar-refractivity contribution in [3.8, 4) is 0 Å². The molecule has 0 bridgehead atoms. The van der Waals surface area contributed by atoms with Crippen molar-refractivity contribution in [2.75, 3.05) is 24.4 Å². The Labute approximate surface area is 127 Å². The summed E-state index contributed by atoms with van der Waals surface area (Å²) in [6.45, 7) is 0.979. The van der Waals surface area contributed by atoms with Gasteiger partial charge in [-0.15, -0.1) is 11.6 Å². The fourth-order valence-electron chi connectivity index (χ4n) is 2.25. The van der Waals surface area contributed by atoms with Crippen molar-refractivity contribution in [3.05, 3.63) is 24.3 Å². The van der Waals surface area contributed by atoms with Crippen LogP contribution in [0.1, 0.15) is 12.8 Å². The molecular formula is C13H16ClF2NO3S. The number of para-hydroxylation sites is 1. The molecule has 0 unspecified atom stereocenters. The Kier molecular flexibility index (Phi) is 5.06. The minimum atomic E-state index is -4.66. The first-order chi connectivity index (χ1) is 9.91. The second kappa shape index (κ2) is 6.46. The molecule has 1 aromatic carbocycles. The van der Waals surface area contributed by atoms with Gasteiger partial charge in [0.25, 0.3) is 0 Å². The van der Waals surface area contributed by atoms with Crippen LogP contribution in [0.15, 0.2) is 29.2 Å². The smallest absolute Gasteiger partial charge is 0.341 e. The Bertz CT molecular complexity index is 589. The topological polar surface area (TPSA) is 55.4 Å². The van der Waals surface area contributed by atoms with Crippen molar-refractivity contribution in [3.63, 3.8) is 0 Å². The Morgan fingerprint density at radius 2 is 1.90 bits per heavy atom. The van der Waals surface area contributed by atoms with Crippen LogP contribution < -0.4 is 5.32 Å². The molecule has 1 aliphatic rings. The number of rotatable bonds is 5. The minimum absolute atomic E-state index is 0.153. The van der Waals surface area contributed by atoms with Crippen LogP contribution in [0.3, 0.4) is 0 Å². The predicted molar refractivity (Wildman–Crippen MR) is 76.8 cm³/mol. The van der Waals surface area contributed by atoms with E-state index in [-0.39, 0.29) is 11.6 Å². The van der Waals surface area contributed by atoms with Crippen LogP contribution in [0.25, 0.3) is 0 Å². The molecule has 1 heterocycles. The molecule has 8 heteroatoms. The Morgan fingerprint density at radius 3 is 2.48 bits per heavy atom. The summed E-state index contributed by atoms with van der Waals surface area (Å²) >= 11 is 6.00. The average molecular weight is 340 g/mol. The summed E-state index contributed by atoms with van der Waals surface area (Å²) in [5, 5.41) is 3.05. The van der Waals surface area contributed by atoms with E-state index in [1.54, 1.807) is 6.07 Å². The highest BCUT2D eigenvalue weighted by molar-refractivity contribution is 7.91. The summed E-state index contributed by atoms with van der Waals surface area (Å²) in [5.41, 5.74) is -0.395. The molecule has 0 aromatic heterocycles. The van der Waals surface area contributed by atoms with Gasteiger partial charge in [-0.25, -0.2) is 8.42 Å². The van der Waals surface area contributed by atoms with E-state index in [2.05, 4.69) is 5.32 Å². The molecule has 0 radical (unpaired) electrons. The van der Waals surface area contributed by atoms with Gasteiger partial charge in [0.2, 0.25) is 9.84 Å². The van der Waals surface area contributed by atoms with Crippen molar-refractivity contribution < 1.29 is 21.9 Å². The monoisotopic (exact) mass is 339 g/mol. The third-order valence-corrected chi connectivity index (χ3v) is 5.48. The maximum atomic E-state index is 12.8. The summed E-state index contributed by atoms with van der Waals surface area (Å²) in [6.07, 6.45) is 1.17. The Hall–Kier alpha value is -0.920. The molecule has 21 heavy (non-hydrogen) atoms. The maximum absolute atomic E-state index is 12.8. The van der Waals surface area contributed by atoms with E-state index in [1.807, 2.05) is 0 Å². The Balaban J connectivity index is 2.37. The van der Waals surface area contributed by atoms with Crippen LogP contribution in [0.4, 0.5) is 14.5 Å². The van der Waals surface area contributed by atoms with Crippen LogP contribution in [-0.2, 0) is 14.6 Å². The van der Waals surface area contributed by atoms with Crippen molar-refractivity contribution >= 4 is 27.1 Å². The molecule has 0 saturated carbocycles. The molecule has 0 amide bonds. The van der Waals surface area contributed by atoms with Gasteiger partial charge in [-0.2, -0.15) is 8.78 Å². The fourth-order valence-corrected chi connectivity index (χ4v) is 3.47. The summed E-state index contributed by atoms with van der Waals surface area (Å²) in [6, 6.07) is 5.65. The summed E-state index contributed by atoms with van der Waals surface area (Å²) < 4.78 is 54.3. The molecule has 118 valence electrons. The van der Waals surface area contributed by atoms with Gasteiger partial charge in [0, 0.05) is 19.1 Å². The highest BCUT2D eigenvalue weighted by Gasteiger charge is 2.35. The predicted octanol–water partition coefficient (Wildman–Crippen LogP) is 2.88. The lowest BCUT2D eigenvalue weighted by Crippen LogP contribution is -2.45. The zero-order chi connectivity index (χ0) is 15.5. The van der Waals surface area contributed by atoms with Gasteiger partial charge >= 0.3 is 5.76 Å². The van der Waals surface area contributed by atoms with Crippen molar-refractivity contribution in [1.29, 1.82) is 0 Å². The number of hydrogen-bond donors (Lipinski definition) is 1. The quantitative estimate of drug-likeness (QED) is 0.838. The minimum Gasteiger partial charge on any atom is -0.381 e. The van der Waals surface area contributed by atoms with E-state index >= 15 is 0 Å². The molecule has 1 N–H and O–H groups in total. The van der Waals surface area contributed by atoms with Crippen LogP contribution >= 0.6 is 11.6 Å². The van der Waals surface area contributed by atoms with E-state index < -0.39 is 26.0 Å². The van der Waals surface area contributed by atoms with Gasteiger partial charge in [0.15, 0.2) is 0 Å². The largest absolute Gasteiger partial charge is 0.381 e. The number of anilines is 1. The summed E-state index contributed by atoms with van der Waals surface area (Å²) in [7, 11) is -4.66. The lowest BCUT2D eigenvalue weighted by molar-refractivity contribution is 0.0667. The molecule has 0 spiro atoms. The Morgan fingerprint density at radius 1 is 1.29 bits per heavy atom. The van der Waals surface area contributed by atoms with E-state index in [0.717, 1.165) is 0 Å². The molecule has 0 aliphatic carbocycles. The fraction of sp³-hybridized carbons (Fsp3) is 0.538. The van der Waals surface area contributed by atoms with Gasteiger partial charge in [0.05, 0.1) is 16.1 Å². The molecule has 1 aromatic rings. The van der Waals surface area contributed by atoms with Crippen molar-refractivity contribution in [2.24, 2.45) is 0 Å². The van der Waals surface area contributed by atoms with Gasteiger partial charge in [-0.1, -0.05) is 12.1 Å². The lowest BCUT2D eigenvalue weighted by Gasteiger charge is -2.37. The number of nitrogens with one attached hydrogen (secondary N) is 1. The first kappa shape index (κ1) is 16.5. The first-order valence-corrected chi connectivity index (χ1v) is 8.52. The first-order valence-electron chi connectivity index (χ1n) is 6.44. The van der Waals surface area contributed by atoms with Crippen LogP contribution in [0, 0.1) is 0 Å². The summed E-state index contributed by atoms with van der Waals surface area (Å²) in [5.74, 6) is -3.22. The molecule has 1 saturated heterocycles. The highest BCUT2D eigenvalue weighted by atomic mass is 35.5. The maximum Gasteiger partial charge on any atom is 0.341 e. The van der Waals surface area contributed by atoms with E-state index in [4.69, 9.17) is 16.3 Å². The zero-order valence-electron chi connectivity index (χ0n) is 11.2. The normalized spacial score (nSPS) is 18.7. The number of halogens is 3. The van der Waals surface area contributed by atoms with Gasteiger partial charge in [-0.05, 0) is 25.0 Å². The van der Waals surface area contributed by atoms with Crippen LogP contribution in [0.5, 0.6) is 0 Å². The number of sulfone groups is 1. The third kappa shape index (κ3) is 3.46. The standard InChI is InChI=1S/C13H16ClF2NO3S/c14-9-13(5-7-20-8-6-13)17-10-3-1-2-4-11(10)21(18,19)12(15)16/h1-4,12,17H,5-9H2. The lowest BCUT2D eigenvalue weighted by atomic mass is 9.92. The van der Waals surface area contributed by atoms with E-state index in [0.29, 0.717) is 26.1 Å². The molecule has 0 atom stereocenters. The van der Waals surface area contributed by atoms with Crippen LogP contribution in [0.2, 0.25) is 0 Å². The van der Waals surface area contributed by atoms with E-state index in [9.17, 15) is 17.2 Å². The number of hydrogen-bond acceptors (Lipinski definition) is 4. The van der Waals surface area contributed by atoms with E-state index in [1.165, 1.54) is 18.2 Å². The van der Waals surface area contributed by atoms with Gasteiger partial charge in [0.1, 0.15) is 0 Å². The second-order valence-corrected chi connectivity index (χ2v) is 7.11. The van der Waals surface area contributed by atoms with Crippen LogP contribution in [-0.4, -0.2) is 38.8 Å². The molecule has 1 fully saturated rings. The SMILES string of the molecule is O=S(=O)(c1ccccc1NC1(CCl)CCOCC1)C(F)F. The van der Waals surface area contributed by atoms with Gasteiger partial charge in [-0.3, -0.25) is 0 Å². The second-order valence-electron chi connectivity index (χ2n) is 4.95. The third-order valence-electron chi connectivity index (χ3n) is 3.53. The summed E-state index contributed by atoms with van der Waals surface area (Å²) in [4.78, 5) is -0.406. The number of alkyl halides is 3. The molecule has 2 rings (SSSR count). The number of benzene rings is 1. The van der Waals surface area contributed by atoms with Crippen molar-refractivity contribution in [2.45, 2.75) is 29.0 Å². The molecule has 4 nitrogen and oxygen atoms in total. The van der Waals surface area contributed by atoms with Crippen molar-refractivity contribution in [1.82, 2.24) is 0 Å². The average Bonchev–Trinajstić information content (AvgIpc) is 2.48. The van der Waals surface area contributed by atoms with Gasteiger partial charge < -0.3 is 10.1 Å². The highest BCUT2D eigenvalue weighted by Crippen LogP contribution is 2.32. The molecular weight excluding hydrogens is 324 g/mol. The zero-order valence-corrected chi connectivity index (χ0v) is 12.8. The number of ether oxygens (including phenoxy) is 1.